The van der Waals surface area contributed by atoms with Crippen LogP contribution in [0.2, 0.25) is 0 Å². The number of carboxylic acids is 1. The summed E-state index contributed by atoms with van der Waals surface area (Å²) < 4.78 is 99.9. The molecule has 180 valence electrons. The molecule has 0 atom stereocenters. The predicted octanol–water partition coefficient (Wildman–Crippen LogP) is 5.29. The zero-order chi connectivity index (χ0) is 25.0. The molecule has 0 saturated heterocycles. The fourth-order valence-corrected chi connectivity index (χ4v) is 3.07. The van der Waals surface area contributed by atoms with E-state index in [1.54, 1.807) is 22.6 Å². The minimum absolute atomic E-state index is 0.0139. The SMILES string of the molecule is COc1cc(/C=N/NC(F)(F)C(F)(F)C(F)(F)F)cc(I)c1OCc1ccc(C(=O)O)cc1. The highest BCUT2D eigenvalue weighted by atomic mass is 127. The zero-order valence-corrected chi connectivity index (χ0v) is 18.5. The first-order valence-electron chi connectivity index (χ1n) is 8.64. The molecule has 2 N–H and O–H groups in total. The molecule has 0 aromatic heterocycles. The van der Waals surface area contributed by atoms with Crippen molar-refractivity contribution >= 4 is 34.8 Å². The van der Waals surface area contributed by atoms with E-state index in [1.165, 1.54) is 43.5 Å². The molecule has 0 saturated carbocycles. The number of halogens is 8. The Hall–Kier alpha value is -2.78. The summed E-state index contributed by atoms with van der Waals surface area (Å²) in [5.41, 5.74) is 1.28. The molecule has 33 heavy (non-hydrogen) atoms. The van der Waals surface area contributed by atoms with E-state index in [0.29, 0.717) is 20.8 Å². The van der Waals surface area contributed by atoms with Gasteiger partial charge >= 0.3 is 24.1 Å². The van der Waals surface area contributed by atoms with Crippen LogP contribution in [0.15, 0.2) is 41.5 Å². The molecule has 0 aliphatic rings. The standard InChI is InChI=1S/C19H14F7IN2O4/c1-32-14-7-11(8-28-29-19(25,26)17(20,21)18(22,23)24)6-13(27)15(14)33-9-10-2-4-12(5-3-10)16(30)31/h2-8,29H,9H2,1H3,(H,30,31)/b28-8+. The van der Waals surface area contributed by atoms with E-state index in [9.17, 15) is 35.5 Å². The highest BCUT2D eigenvalue weighted by Gasteiger charge is 2.73. The van der Waals surface area contributed by atoms with Crippen LogP contribution in [0.3, 0.4) is 0 Å². The fourth-order valence-electron chi connectivity index (χ4n) is 2.29. The molecule has 0 unspecified atom stereocenters. The minimum atomic E-state index is -6.48. The Labute approximate surface area is 195 Å². The van der Waals surface area contributed by atoms with Crippen molar-refractivity contribution in [2.45, 2.75) is 24.8 Å². The third kappa shape index (κ3) is 6.17. The van der Waals surface area contributed by atoms with Crippen LogP contribution in [0.25, 0.3) is 0 Å². The molecule has 0 fully saturated rings. The lowest BCUT2D eigenvalue weighted by atomic mass is 10.1. The molecule has 2 rings (SSSR count). The largest absolute Gasteiger partial charge is 0.493 e. The third-order valence-corrected chi connectivity index (χ3v) is 4.81. The summed E-state index contributed by atoms with van der Waals surface area (Å²) in [6, 6.07) is 2.71. The van der Waals surface area contributed by atoms with Crippen molar-refractivity contribution in [3.63, 3.8) is 0 Å². The molecule has 0 radical (unpaired) electrons. The van der Waals surface area contributed by atoms with Gasteiger partial charge in [-0.2, -0.15) is 35.8 Å². The molecule has 0 spiro atoms. The van der Waals surface area contributed by atoms with Gasteiger partial charge in [0.15, 0.2) is 11.5 Å². The van der Waals surface area contributed by atoms with Crippen LogP contribution >= 0.6 is 22.6 Å². The maximum Gasteiger partial charge on any atom is 0.462 e. The van der Waals surface area contributed by atoms with Gasteiger partial charge in [-0.1, -0.05) is 12.1 Å². The van der Waals surface area contributed by atoms with E-state index in [1.807, 2.05) is 0 Å². The van der Waals surface area contributed by atoms with E-state index in [2.05, 4.69) is 5.10 Å². The number of carboxylic acid groups (broad SMARTS) is 1. The molecule has 0 bridgehead atoms. The first-order valence-corrected chi connectivity index (χ1v) is 9.72. The molecule has 14 heteroatoms. The Kier molecular flexibility index (Phi) is 8.03. The van der Waals surface area contributed by atoms with E-state index in [0.717, 1.165) is 0 Å². The number of rotatable bonds is 9. The Balaban J connectivity index is 2.15. The van der Waals surface area contributed by atoms with Gasteiger partial charge in [-0.15, -0.1) is 0 Å². The maximum atomic E-state index is 13.2. The van der Waals surface area contributed by atoms with Crippen molar-refractivity contribution in [3.8, 4) is 11.5 Å². The van der Waals surface area contributed by atoms with E-state index in [-0.39, 0.29) is 29.2 Å². The first kappa shape index (κ1) is 26.5. The summed E-state index contributed by atoms with van der Waals surface area (Å²) in [5, 5.41) is 11.7. The third-order valence-electron chi connectivity index (χ3n) is 4.00. The number of carbonyl (C=O) groups is 1. The zero-order valence-electron chi connectivity index (χ0n) is 16.4. The Bertz CT molecular complexity index is 1030. The van der Waals surface area contributed by atoms with Crippen LogP contribution in [0.4, 0.5) is 30.7 Å². The van der Waals surface area contributed by atoms with Crippen molar-refractivity contribution < 1.29 is 50.1 Å². The number of hydrazone groups is 1. The van der Waals surface area contributed by atoms with Gasteiger partial charge in [-0.05, 0) is 58.0 Å². The monoisotopic (exact) mass is 594 g/mol. The summed E-state index contributed by atoms with van der Waals surface area (Å²) >= 11 is 1.80. The number of methoxy groups -OCH3 is 1. The topological polar surface area (TPSA) is 80.1 Å². The lowest BCUT2D eigenvalue weighted by molar-refractivity contribution is -0.361. The molecular weight excluding hydrogens is 580 g/mol. The van der Waals surface area contributed by atoms with E-state index >= 15 is 0 Å². The molecule has 0 heterocycles. The summed E-state index contributed by atoms with van der Waals surface area (Å²) in [5.74, 6) is -7.12. The summed E-state index contributed by atoms with van der Waals surface area (Å²) in [7, 11) is 1.26. The minimum Gasteiger partial charge on any atom is -0.493 e. The predicted molar refractivity (Wildman–Crippen MR) is 110 cm³/mol. The molecule has 2 aromatic carbocycles. The van der Waals surface area contributed by atoms with Gasteiger partial charge in [0.05, 0.1) is 22.5 Å². The number of nitrogens with zero attached hydrogens (tertiary/aromatic N) is 1. The second kappa shape index (κ2) is 10.0. The Morgan fingerprint density at radius 2 is 1.73 bits per heavy atom. The van der Waals surface area contributed by atoms with Crippen LogP contribution < -0.4 is 14.9 Å². The number of benzene rings is 2. The van der Waals surface area contributed by atoms with Crippen molar-refractivity contribution in [1.29, 1.82) is 0 Å². The summed E-state index contributed by atoms with van der Waals surface area (Å²) in [4.78, 5) is 10.9. The molecular formula is C19H14F7IN2O4. The van der Waals surface area contributed by atoms with Crippen LogP contribution in [-0.2, 0) is 6.61 Å². The van der Waals surface area contributed by atoms with Gasteiger partial charge in [0.1, 0.15) is 6.61 Å². The van der Waals surface area contributed by atoms with Crippen LogP contribution in [-0.4, -0.2) is 42.5 Å². The normalized spacial score (nSPS) is 12.6. The van der Waals surface area contributed by atoms with Crippen molar-refractivity contribution in [3.05, 3.63) is 56.7 Å². The molecule has 0 amide bonds. The van der Waals surface area contributed by atoms with Crippen molar-refractivity contribution in [1.82, 2.24) is 5.43 Å². The van der Waals surface area contributed by atoms with E-state index in [4.69, 9.17) is 14.6 Å². The van der Waals surface area contributed by atoms with Crippen LogP contribution in [0.5, 0.6) is 11.5 Å². The fraction of sp³-hybridized carbons (Fsp3) is 0.263. The van der Waals surface area contributed by atoms with Gasteiger partial charge < -0.3 is 14.6 Å². The van der Waals surface area contributed by atoms with Crippen LogP contribution in [0, 0.1) is 3.57 Å². The number of hydrogen-bond acceptors (Lipinski definition) is 5. The molecule has 0 aliphatic heterocycles. The second-order valence-electron chi connectivity index (χ2n) is 6.34. The average molecular weight is 594 g/mol. The molecule has 0 aliphatic carbocycles. The number of aromatic carboxylic acids is 1. The molecule has 6 nitrogen and oxygen atoms in total. The van der Waals surface area contributed by atoms with Crippen molar-refractivity contribution in [2.75, 3.05) is 7.11 Å². The Morgan fingerprint density at radius 1 is 1.12 bits per heavy atom. The van der Waals surface area contributed by atoms with E-state index < -0.39 is 24.1 Å². The average Bonchev–Trinajstić information content (AvgIpc) is 2.71. The van der Waals surface area contributed by atoms with Gasteiger partial charge in [0.2, 0.25) is 0 Å². The van der Waals surface area contributed by atoms with Gasteiger partial charge in [0.25, 0.3) is 0 Å². The highest BCUT2D eigenvalue weighted by molar-refractivity contribution is 14.1. The maximum absolute atomic E-state index is 13.2. The lowest BCUT2D eigenvalue weighted by Crippen LogP contribution is -2.58. The molecule has 2 aromatic rings. The number of hydrogen-bond donors (Lipinski definition) is 2. The Morgan fingerprint density at radius 3 is 2.24 bits per heavy atom. The lowest BCUT2D eigenvalue weighted by Gasteiger charge is -2.27. The summed E-state index contributed by atoms with van der Waals surface area (Å²) in [6.45, 7) is 0.0139. The second-order valence-corrected chi connectivity index (χ2v) is 7.50. The van der Waals surface area contributed by atoms with Gasteiger partial charge in [0, 0.05) is 0 Å². The number of ether oxygens (including phenoxy) is 2. The summed E-state index contributed by atoms with van der Waals surface area (Å²) in [6.07, 6.45) is -5.87. The number of nitrogens with one attached hydrogen (secondary N) is 1. The van der Waals surface area contributed by atoms with Crippen LogP contribution in [0.1, 0.15) is 21.5 Å². The van der Waals surface area contributed by atoms with Gasteiger partial charge in [-0.3, -0.25) is 0 Å². The quantitative estimate of drug-likeness (QED) is 0.136. The number of alkyl halides is 7. The van der Waals surface area contributed by atoms with Gasteiger partial charge in [-0.25, -0.2) is 10.2 Å². The van der Waals surface area contributed by atoms with Crippen molar-refractivity contribution in [2.24, 2.45) is 5.10 Å². The highest BCUT2D eigenvalue weighted by Crippen LogP contribution is 2.45. The first-order chi connectivity index (χ1) is 15.2. The smallest absolute Gasteiger partial charge is 0.462 e.